The lowest BCUT2D eigenvalue weighted by Gasteiger charge is -2.06. The molecule has 2 heterocycles. The van der Waals surface area contributed by atoms with Crippen molar-refractivity contribution in [3.63, 3.8) is 0 Å². The van der Waals surface area contributed by atoms with Gasteiger partial charge >= 0.3 is 0 Å². The van der Waals surface area contributed by atoms with Gasteiger partial charge in [-0.1, -0.05) is 19.1 Å². The number of fused-ring (bicyclic) bond motifs is 1. The Morgan fingerprint density at radius 2 is 1.93 bits per heavy atom. The third-order valence-electron chi connectivity index (χ3n) is 4.26. The number of aryl methyl sites for hydroxylation is 3. The van der Waals surface area contributed by atoms with Crippen molar-refractivity contribution in [2.24, 2.45) is 0 Å². The summed E-state index contributed by atoms with van der Waals surface area (Å²) in [4.78, 5) is 30.5. The highest BCUT2D eigenvalue weighted by molar-refractivity contribution is 7.18. The van der Waals surface area contributed by atoms with Crippen LogP contribution >= 0.6 is 22.7 Å². The van der Waals surface area contributed by atoms with E-state index in [1.807, 2.05) is 31.2 Å². The Labute approximate surface area is 166 Å². The van der Waals surface area contributed by atoms with Crippen molar-refractivity contribution in [1.82, 2.24) is 15.8 Å². The minimum atomic E-state index is -0.259. The fraction of sp³-hybridized carbons (Fsp3) is 0.350. The predicted octanol–water partition coefficient (Wildman–Crippen LogP) is 4.40. The van der Waals surface area contributed by atoms with Crippen LogP contribution in [0, 0.1) is 6.92 Å². The van der Waals surface area contributed by atoms with E-state index in [4.69, 9.17) is 0 Å². The number of carbonyl (C=O) groups excluding carboxylic acids is 2. The predicted molar refractivity (Wildman–Crippen MR) is 111 cm³/mol. The van der Waals surface area contributed by atoms with Crippen molar-refractivity contribution in [3.8, 4) is 0 Å². The van der Waals surface area contributed by atoms with Gasteiger partial charge in [-0.25, -0.2) is 4.98 Å². The summed E-state index contributed by atoms with van der Waals surface area (Å²) in [5.41, 5.74) is 7.16. The largest absolute Gasteiger partial charge is 0.279 e. The average Bonchev–Trinajstić information content (AvgIpc) is 3.25. The summed E-state index contributed by atoms with van der Waals surface area (Å²) in [7, 11) is 0. The standard InChI is InChI=1S/C20H23N3O2S2/c1-3-15-13(2)12-17(26-15)20(25)23-22-18(24)10-6-7-11-19-21-14-8-4-5-9-16(14)27-19/h4-5,8-9,12H,3,6-7,10-11H2,1-2H3,(H,22,24)(H,23,25). The molecule has 142 valence electrons. The summed E-state index contributed by atoms with van der Waals surface area (Å²) < 4.78 is 1.20. The zero-order valence-electron chi connectivity index (χ0n) is 15.5. The minimum absolute atomic E-state index is 0.170. The Morgan fingerprint density at radius 1 is 1.11 bits per heavy atom. The Hall–Kier alpha value is -2.25. The van der Waals surface area contributed by atoms with Crippen LogP contribution in [-0.2, 0) is 17.6 Å². The number of thiazole rings is 1. The molecule has 2 N–H and O–H groups in total. The number of nitrogens with one attached hydrogen (secondary N) is 2. The molecule has 0 fully saturated rings. The van der Waals surface area contributed by atoms with Crippen molar-refractivity contribution >= 4 is 44.7 Å². The normalized spacial score (nSPS) is 10.9. The summed E-state index contributed by atoms with van der Waals surface area (Å²) in [5.74, 6) is -0.428. The van der Waals surface area contributed by atoms with E-state index in [1.165, 1.54) is 20.9 Å². The summed E-state index contributed by atoms with van der Waals surface area (Å²) in [6, 6.07) is 9.96. The first-order chi connectivity index (χ1) is 13.1. The van der Waals surface area contributed by atoms with Crippen molar-refractivity contribution in [2.45, 2.75) is 46.0 Å². The molecule has 1 aromatic carbocycles. The highest BCUT2D eigenvalue weighted by Crippen LogP contribution is 2.23. The molecule has 27 heavy (non-hydrogen) atoms. The number of para-hydroxylation sites is 1. The molecular formula is C20H23N3O2S2. The number of carbonyl (C=O) groups is 2. The maximum atomic E-state index is 12.1. The number of hydrogen-bond acceptors (Lipinski definition) is 5. The third kappa shape index (κ3) is 5.14. The first-order valence-corrected chi connectivity index (χ1v) is 10.7. The molecule has 2 aromatic heterocycles. The van der Waals surface area contributed by atoms with Gasteiger partial charge in [-0.3, -0.25) is 20.4 Å². The molecule has 5 nitrogen and oxygen atoms in total. The molecule has 0 spiro atoms. The second-order valence-electron chi connectivity index (χ2n) is 6.36. The first-order valence-electron chi connectivity index (χ1n) is 9.09. The average molecular weight is 402 g/mol. The van der Waals surface area contributed by atoms with E-state index in [0.29, 0.717) is 11.3 Å². The SMILES string of the molecule is CCc1sc(C(=O)NNC(=O)CCCCc2nc3ccccc3s2)cc1C. The zero-order chi connectivity index (χ0) is 19.2. The van der Waals surface area contributed by atoms with Crippen LogP contribution in [0.3, 0.4) is 0 Å². The van der Waals surface area contributed by atoms with E-state index in [2.05, 4.69) is 28.8 Å². The number of aromatic nitrogens is 1. The molecule has 3 rings (SSSR count). The Bertz CT molecular complexity index is 913. The van der Waals surface area contributed by atoms with Crippen molar-refractivity contribution in [2.75, 3.05) is 0 Å². The fourth-order valence-corrected chi connectivity index (χ4v) is 4.84. The number of benzene rings is 1. The smallest absolute Gasteiger partial charge is 0.273 e. The van der Waals surface area contributed by atoms with Crippen LogP contribution in [0.5, 0.6) is 0 Å². The Balaban J connectivity index is 1.37. The molecule has 0 bridgehead atoms. The molecule has 0 saturated carbocycles. The Morgan fingerprint density at radius 3 is 2.67 bits per heavy atom. The number of amides is 2. The summed E-state index contributed by atoms with van der Waals surface area (Å²) >= 11 is 3.18. The number of thiophene rings is 1. The van der Waals surface area contributed by atoms with E-state index in [9.17, 15) is 9.59 Å². The molecule has 0 saturated heterocycles. The van der Waals surface area contributed by atoms with Gasteiger partial charge in [0, 0.05) is 11.3 Å². The minimum Gasteiger partial charge on any atom is -0.273 e. The maximum Gasteiger partial charge on any atom is 0.279 e. The van der Waals surface area contributed by atoms with Gasteiger partial charge in [0.05, 0.1) is 20.1 Å². The lowest BCUT2D eigenvalue weighted by atomic mass is 10.2. The van der Waals surface area contributed by atoms with Gasteiger partial charge in [0.25, 0.3) is 5.91 Å². The third-order valence-corrected chi connectivity index (χ3v) is 6.74. The molecule has 0 atom stereocenters. The molecule has 0 aliphatic rings. The highest BCUT2D eigenvalue weighted by atomic mass is 32.1. The van der Waals surface area contributed by atoms with Crippen LogP contribution in [0.25, 0.3) is 10.2 Å². The van der Waals surface area contributed by atoms with Crippen LogP contribution in [0.2, 0.25) is 0 Å². The summed E-state index contributed by atoms with van der Waals surface area (Å²) in [6.45, 7) is 4.06. The molecule has 0 unspecified atom stereocenters. The zero-order valence-corrected chi connectivity index (χ0v) is 17.1. The van der Waals surface area contributed by atoms with Gasteiger partial charge in [0.15, 0.2) is 0 Å². The molecule has 0 radical (unpaired) electrons. The first kappa shape index (κ1) is 19.5. The van der Waals surface area contributed by atoms with E-state index < -0.39 is 0 Å². The topological polar surface area (TPSA) is 71.1 Å². The number of nitrogens with zero attached hydrogens (tertiary/aromatic N) is 1. The summed E-state index contributed by atoms with van der Waals surface area (Å²) in [6.07, 6.45) is 3.81. The number of unbranched alkanes of at least 4 members (excludes halogenated alkanes) is 1. The highest BCUT2D eigenvalue weighted by Gasteiger charge is 2.12. The van der Waals surface area contributed by atoms with Gasteiger partial charge in [-0.2, -0.15) is 0 Å². The van der Waals surface area contributed by atoms with Crippen molar-refractivity contribution in [1.29, 1.82) is 0 Å². The van der Waals surface area contributed by atoms with E-state index >= 15 is 0 Å². The van der Waals surface area contributed by atoms with Gasteiger partial charge < -0.3 is 0 Å². The van der Waals surface area contributed by atoms with Gasteiger partial charge in [0.2, 0.25) is 5.91 Å². The molecule has 7 heteroatoms. The van der Waals surface area contributed by atoms with E-state index in [1.54, 1.807) is 11.3 Å². The monoisotopic (exact) mass is 401 g/mol. The van der Waals surface area contributed by atoms with Crippen LogP contribution in [0.1, 0.15) is 51.3 Å². The van der Waals surface area contributed by atoms with Crippen molar-refractivity contribution in [3.05, 3.63) is 50.7 Å². The van der Waals surface area contributed by atoms with E-state index in [-0.39, 0.29) is 11.8 Å². The molecule has 3 aromatic rings. The molecule has 0 aliphatic carbocycles. The lowest BCUT2D eigenvalue weighted by molar-refractivity contribution is -0.121. The quantitative estimate of drug-likeness (QED) is 0.455. The van der Waals surface area contributed by atoms with Crippen LogP contribution in [-0.4, -0.2) is 16.8 Å². The van der Waals surface area contributed by atoms with Crippen LogP contribution < -0.4 is 10.9 Å². The van der Waals surface area contributed by atoms with Gasteiger partial charge in [-0.05, 0) is 56.4 Å². The number of rotatable bonds is 7. The van der Waals surface area contributed by atoms with Crippen LogP contribution in [0.4, 0.5) is 0 Å². The number of hydrazine groups is 1. The maximum absolute atomic E-state index is 12.1. The van der Waals surface area contributed by atoms with Crippen molar-refractivity contribution < 1.29 is 9.59 Å². The van der Waals surface area contributed by atoms with Crippen LogP contribution in [0.15, 0.2) is 30.3 Å². The van der Waals surface area contributed by atoms with Gasteiger partial charge in [0.1, 0.15) is 0 Å². The summed E-state index contributed by atoms with van der Waals surface area (Å²) in [5, 5.41) is 1.10. The van der Waals surface area contributed by atoms with E-state index in [0.717, 1.165) is 41.8 Å². The molecule has 2 amide bonds. The van der Waals surface area contributed by atoms with Gasteiger partial charge in [-0.15, -0.1) is 22.7 Å². The molecular weight excluding hydrogens is 378 g/mol. The number of hydrogen-bond donors (Lipinski definition) is 2. The second kappa shape index (κ2) is 9.10. The fourth-order valence-electron chi connectivity index (χ4n) is 2.82. The lowest BCUT2D eigenvalue weighted by Crippen LogP contribution is -2.41. The Kier molecular flexibility index (Phi) is 6.58. The molecule has 0 aliphatic heterocycles. The second-order valence-corrected chi connectivity index (χ2v) is 8.61.